The summed E-state index contributed by atoms with van der Waals surface area (Å²) in [4.78, 5) is 0. The lowest BCUT2D eigenvalue weighted by Crippen LogP contribution is -2.01. The molecule has 0 saturated carbocycles. The van der Waals surface area contributed by atoms with Gasteiger partial charge in [0.25, 0.3) is 0 Å². The molecule has 0 amide bonds. The number of rotatable bonds is 4. The lowest BCUT2D eigenvalue weighted by Gasteiger charge is -2.08. The third-order valence-electron chi connectivity index (χ3n) is 2.74. The Kier molecular flexibility index (Phi) is 4.53. The van der Waals surface area contributed by atoms with Gasteiger partial charge in [0.15, 0.2) is 0 Å². The summed E-state index contributed by atoms with van der Waals surface area (Å²) in [6.45, 7) is 0.427. The first-order valence-corrected chi connectivity index (χ1v) is 6.62. The van der Waals surface area contributed by atoms with Gasteiger partial charge in [-0.2, -0.15) is 5.26 Å². The molecule has 0 atom stereocenters. The van der Waals surface area contributed by atoms with Crippen LogP contribution in [0.5, 0.6) is 0 Å². The Labute approximate surface area is 120 Å². The Morgan fingerprint density at radius 2 is 1.89 bits per heavy atom. The minimum absolute atomic E-state index is 0.233. The number of anilines is 1. The molecule has 2 aromatic carbocycles. The second kappa shape index (κ2) is 6.35. The van der Waals surface area contributed by atoms with Crippen LogP contribution in [0.1, 0.15) is 11.1 Å². The largest absolute Gasteiger partial charge is 0.381 e. The fourth-order valence-corrected chi connectivity index (χ4v) is 2.03. The van der Waals surface area contributed by atoms with Crippen LogP contribution in [0.2, 0.25) is 0 Å². The van der Waals surface area contributed by atoms with Crippen LogP contribution in [-0.4, -0.2) is 0 Å². The van der Waals surface area contributed by atoms with Crippen molar-refractivity contribution in [1.29, 1.82) is 5.26 Å². The van der Waals surface area contributed by atoms with E-state index < -0.39 is 0 Å². The lowest BCUT2D eigenvalue weighted by atomic mass is 10.1. The Morgan fingerprint density at radius 1 is 1.16 bits per heavy atom. The van der Waals surface area contributed by atoms with Crippen molar-refractivity contribution in [2.24, 2.45) is 0 Å². The molecule has 0 aliphatic heterocycles. The topological polar surface area (TPSA) is 35.8 Å². The van der Waals surface area contributed by atoms with E-state index in [1.165, 1.54) is 6.07 Å². The summed E-state index contributed by atoms with van der Waals surface area (Å²) in [5.74, 6) is -0.233. The molecule has 0 unspecified atom stereocenters. The zero-order valence-electron chi connectivity index (χ0n) is 10.2. The Morgan fingerprint density at radius 3 is 2.53 bits per heavy atom. The van der Waals surface area contributed by atoms with Gasteiger partial charge in [-0.25, -0.2) is 4.39 Å². The average Bonchev–Trinajstić information content (AvgIpc) is 2.40. The molecule has 0 aliphatic rings. The van der Waals surface area contributed by atoms with E-state index in [0.29, 0.717) is 18.5 Å². The number of hydrogen-bond donors (Lipinski definition) is 1. The molecule has 0 spiro atoms. The van der Waals surface area contributed by atoms with Crippen LogP contribution in [0.3, 0.4) is 0 Å². The maximum absolute atomic E-state index is 13.6. The summed E-state index contributed by atoms with van der Waals surface area (Å²) in [5.41, 5.74) is 2.50. The van der Waals surface area contributed by atoms with Crippen molar-refractivity contribution in [3.63, 3.8) is 0 Å². The summed E-state index contributed by atoms with van der Waals surface area (Å²) in [6, 6.07) is 14.7. The molecule has 0 radical (unpaired) electrons. The van der Waals surface area contributed by atoms with Gasteiger partial charge >= 0.3 is 0 Å². The molecule has 2 nitrogen and oxygen atoms in total. The summed E-state index contributed by atoms with van der Waals surface area (Å²) in [5, 5.41) is 11.7. The van der Waals surface area contributed by atoms with Gasteiger partial charge in [-0.3, -0.25) is 0 Å². The van der Waals surface area contributed by atoms with Crippen LogP contribution < -0.4 is 5.32 Å². The second-order valence-electron chi connectivity index (χ2n) is 4.12. The minimum atomic E-state index is -0.233. The zero-order chi connectivity index (χ0) is 13.7. The molecule has 0 aromatic heterocycles. The van der Waals surface area contributed by atoms with Gasteiger partial charge in [0.2, 0.25) is 0 Å². The van der Waals surface area contributed by atoms with E-state index in [9.17, 15) is 4.39 Å². The lowest BCUT2D eigenvalue weighted by molar-refractivity contribution is 0.612. The number of nitrogens with zero attached hydrogens (tertiary/aromatic N) is 1. The maximum atomic E-state index is 13.6. The predicted octanol–water partition coefficient (Wildman–Crippen LogP) is 4.27. The van der Waals surface area contributed by atoms with Gasteiger partial charge in [0.1, 0.15) is 5.82 Å². The molecule has 19 heavy (non-hydrogen) atoms. The average molecular weight is 319 g/mol. The summed E-state index contributed by atoms with van der Waals surface area (Å²) >= 11 is 3.23. The molecule has 2 rings (SSSR count). The molecule has 1 N–H and O–H groups in total. The van der Waals surface area contributed by atoms with Gasteiger partial charge < -0.3 is 5.32 Å². The van der Waals surface area contributed by atoms with Crippen molar-refractivity contribution < 1.29 is 4.39 Å². The van der Waals surface area contributed by atoms with E-state index in [4.69, 9.17) is 5.26 Å². The summed E-state index contributed by atoms with van der Waals surface area (Å²) < 4.78 is 14.3. The monoisotopic (exact) mass is 318 g/mol. The fourth-order valence-electron chi connectivity index (χ4n) is 1.69. The predicted molar refractivity (Wildman–Crippen MR) is 77.2 cm³/mol. The van der Waals surface area contributed by atoms with Crippen LogP contribution in [0.25, 0.3) is 0 Å². The van der Waals surface area contributed by atoms with Crippen molar-refractivity contribution in [2.45, 2.75) is 13.0 Å². The summed E-state index contributed by atoms with van der Waals surface area (Å²) in [7, 11) is 0. The second-order valence-corrected chi connectivity index (χ2v) is 5.04. The van der Waals surface area contributed by atoms with Crippen molar-refractivity contribution in [3.05, 3.63) is 63.9 Å². The number of nitriles is 1. The highest BCUT2D eigenvalue weighted by Gasteiger charge is 2.02. The van der Waals surface area contributed by atoms with Crippen molar-refractivity contribution in [3.8, 4) is 6.07 Å². The van der Waals surface area contributed by atoms with Crippen LogP contribution >= 0.6 is 15.9 Å². The quantitative estimate of drug-likeness (QED) is 0.914. The Balaban J connectivity index is 2.00. The van der Waals surface area contributed by atoms with Gasteiger partial charge in [-0.15, -0.1) is 0 Å². The maximum Gasteiger partial charge on any atom is 0.129 e. The van der Waals surface area contributed by atoms with E-state index in [1.54, 1.807) is 6.07 Å². The van der Waals surface area contributed by atoms with Crippen molar-refractivity contribution >= 4 is 21.6 Å². The highest BCUT2D eigenvalue weighted by Crippen LogP contribution is 2.17. The Hall–Kier alpha value is -1.86. The van der Waals surface area contributed by atoms with E-state index in [1.807, 2.05) is 30.3 Å². The van der Waals surface area contributed by atoms with Gasteiger partial charge in [-0.05, 0) is 29.8 Å². The molecular weight excluding hydrogens is 307 g/mol. The SMILES string of the molecule is N#CCc1ccc(NCc2ccc(Br)cc2F)cc1. The van der Waals surface area contributed by atoms with Gasteiger partial charge in [0, 0.05) is 22.3 Å². The zero-order valence-corrected chi connectivity index (χ0v) is 11.7. The smallest absolute Gasteiger partial charge is 0.129 e. The van der Waals surface area contributed by atoms with E-state index in [2.05, 4.69) is 27.3 Å². The molecule has 0 aliphatic carbocycles. The standard InChI is InChI=1S/C15H12BrFN2/c16-13-4-3-12(15(17)9-13)10-19-14-5-1-11(2-6-14)7-8-18/h1-6,9,19H,7,10H2. The molecule has 2 aromatic rings. The van der Waals surface area contributed by atoms with E-state index in [0.717, 1.165) is 15.7 Å². The van der Waals surface area contributed by atoms with Gasteiger partial charge in [-0.1, -0.05) is 34.1 Å². The molecular formula is C15H12BrFN2. The van der Waals surface area contributed by atoms with Crippen LogP contribution in [-0.2, 0) is 13.0 Å². The first-order valence-electron chi connectivity index (χ1n) is 5.83. The summed E-state index contributed by atoms with van der Waals surface area (Å²) in [6.07, 6.45) is 0.404. The first kappa shape index (κ1) is 13.6. The molecule has 0 heterocycles. The minimum Gasteiger partial charge on any atom is -0.381 e. The highest BCUT2D eigenvalue weighted by atomic mass is 79.9. The fraction of sp³-hybridized carbons (Fsp3) is 0.133. The molecule has 4 heteroatoms. The molecule has 0 fully saturated rings. The van der Waals surface area contributed by atoms with Crippen LogP contribution in [0.4, 0.5) is 10.1 Å². The van der Waals surface area contributed by atoms with Crippen LogP contribution in [0.15, 0.2) is 46.9 Å². The number of benzene rings is 2. The van der Waals surface area contributed by atoms with Gasteiger partial charge in [0.05, 0.1) is 12.5 Å². The normalized spacial score (nSPS) is 9.95. The molecule has 96 valence electrons. The highest BCUT2D eigenvalue weighted by molar-refractivity contribution is 9.10. The van der Waals surface area contributed by atoms with Crippen LogP contribution in [0, 0.1) is 17.1 Å². The van der Waals surface area contributed by atoms with E-state index >= 15 is 0 Å². The molecule has 0 bridgehead atoms. The third-order valence-corrected chi connectivity index (χ3v) is 3.23. The van der Waals surface area contributed by atoms with Crippen molar-refractivity contribution in [2.75, 3.05) is 5.32 Å². The Bertz CT molecular complexity index is 603. The van der Waals surface area contributed by atoms with Crippen molar-refractivity contribution in [1.82, 2.24) is 0 Å². The van der Waals surface area contributed by atoms with E-state index in [-0.39, 0.29) is 5.82 Å². The number of hydrogen-bond acceptors (Lipinski definition) is 2. The third kappa shape index (κ3) is 3.80. The number of halogens is 2. The number of nitrogens with one attached hydrogen (secondary N) is 1. The molecule has 0 saturated heterocycles. The first-order chi connectivity index (χ1) is 9.19.